The SMILES string of the molecule is CCC(Sc1cccc(NC(=O)/C(=C/c2ccc(Br)cc2)NC(=O)c2ccccc2)c1)C(=O)Nc1nc(-c2ccccc2)cs1. The molecule has 0 aliphatic heterocycles. The van der Waals surface area contributed by atoms with E-state index < -0.39 is 11.8 Å². The van der Waals surface area contributed by atoms with Gasteiger partial charge < -0.3 is 16.0 Å². The predicted octanol–water partition coefficient (Wildman–Crippen LogP) is 8.49. The van der Waals surface area contributed by atoms with Crippen LogP contribution >= 0.6 is 39.0 Å². The molecular weight excluding hydrogens is 668 g/mol. The van der Waals surface area contributed by atoms with Crippen LogP contribution in [0.5, 0.6) is 0 Å². The van der Waals surface area contributed by atoms with Gasteiger partial charge in [-0.25, -0.2) is 4.98 Å². The van der Waals surface area contributed by atoms with Crippen LogP contribution in [0.1, 0.15) is 29.3 Å². The molecule has 1 unspecified atom stereocenters. The van der Waals surface area contributed by atoms with Crippen molar-refractivity contribution in [3.05, 3.63) is 136 Å². The van der Waals surface area contributed by atoms with Crippen molar-refractivity contribution in [2.75, 3.05) is 10.6 Å². The molecule has 0 aliphatic carbocycles. The van der Waals surface area contributed by atoms with Crippen molar-refractivity contribution < 1.29 is 14.4 Å². The summed E-state index contributed by atoms with van der Waals surface area (Å²) in [6.07, 6.45) is 2.22. The van der Waals surface area contributed by atoms with Crippen molar-refractivity contribution in [2.24, 2.45) is 0 Å². The number of benzene rings is 4. The zero-order chi connectivity index (χ0) is 31.6. The quantitative estimate of drug-likeness (QED) is 0.0950. The Morgan fingerprint density at radius 1 is 0.889 bits per heavy atom. The number of rotatable bonds is 11. The molecule has 226 valence electrons. The van der Waals surface area contributed by atoms with Crippen LogP contribution < -0.4 is 16.0 Å². The monoisotopic (exact) mass is 696 g/mol. The summed E-state index contributed by atoms with van der Waals surface area (Å²) >= 11 is 6.21. The fourth-order valence-electron chi connectivity index (χ4n) is 4.26. The first-order chi connectivity index (χ1) is 21.9. The minimum atomic E-state index is -0.480. The molecule has 0 bridgehead atoms. The Hall–Kier alpha value is -4.51. The van der Waals surface area contributed by atoms with Crippen LogP contribution in [0.4, 0.5) is 10.8 Å². The standard InChI is InChI=1S/C35H29BrN4O3S2/c1-2-31(34(43)40-35-39-30(22-44-35)24-10-5-3-6-11-24)45-28-15-9-14-27(21-28)37-33(42)29(20-23-16-18-26(36)19-17-23)38-32(41)25-12-7-4-8-13-25/h3-22,31H,2H2,1H3,(H,37,42)(H,38,41)(H,39,40,43)/b29-20-. The number of carbonyl (C=O) groups excluding carboxylic acids is 3. The average molecular weight is 698 g/mol. The molecule has 0 fully saturated rings. The normalized spacial score (nSPS) is 11.8. The molecule has 7 nitrogen and oxygen atoms in total. The third-order valence-corrected chi connectivity index (χ3v) is 9.19. The maximum absolute atomic E-state index is 13.5. The van der Waals surface area contributed by atoms with Gasteiger partial charge in [-0.1, -0.05) is 89.6 Å². The number of anilines is 2. The second kappa shape index (κ2) is 15.5. The lowest BCUT2D eigenvalue weighted by Gasteiger charge is -2.15. The second-order valence-corrected chi connectivity index (χ2v) is 12.9. The van der Waals surface area contributed by atoms with E-state index in [1.165, 1.54) is 23.1 Å². The Morgan fingerprint density at radius 2 is 1.60 bits per heavy atom. The molecule has 3 N–H and O–H groups in total. The highest BCUT2D eigenvalue weighted by Crippen LogP contribution is 2.30. The predicted molar refractivity (Wildman–Crippen MR) is 187 cm³/mol. The number of halogens is 1. The van der Waals surface area contributed by atoms with E-state index in [2.05, 4.69) is 36.9 Å². The Bertz CT molecular complexity index is 1810. The topological polar surface area (TPSA) is 100 Å². The number of thioether (sulfide) groups is 1. The Balaban J connectivity index is 1.27. The summed E-state index contributed by atoms with van der Waals surface area (Å²) in [4.78, 5) is 45.0. The molecule has 0 radical (unpaired) electrons. The summed E-state index contributed by atoms with van der Waals surface area (Å²) in [5, 5.41) is 10.7. The molecule has 4 aromatic carbocycles. The highest BCUT2D eigenvalue weighted by molar-refractivity contribution is 9.10. The van der Waals surface area contributed by atoms with Gasteiger partial charge in [-0.3, -0.25) is 14.4 Å². The van der Waals surface area contributed by atoms with Crippen molar-refractivity contribution in [3.63, 3.8) is 0 Å². The maximum atomic E-state index is 13.5. The number of nitrogens with one attached hydrogen (secondary N) is 3. The van der Waals surface area contributed by atoms with Gasteiger partial charge in [-0.05, 0) is 60.5 Å². The summed E-state index contributed by atoms with van der Waals surface area (Å²) in [7, 11) is 0. The van der Waals surface area contributed by atoms with Gasteiger partial charge in [0.1, 0.15) is 5.70 Å². The molecule has 0 saturated heterocycles. The summed E-state index contributed by atoms with van der Waals surface area (Å²) in [6, 6.07) is 33.2. The van der Waals surface area contributed by atoms with E-state index in [0.717, 1.165) is 26.2 Å². The van der Waals surface area contributed by atoms with Crippen LogP contribution in [0.15, 0.2) is 130 Å². The molecule has 45 heavy (non-hydrogen) atoms. The summed E-state index contributed by atoms with van der Waals surface area (Å²) < 4.78 is 0.899. The lowest BCUT2D eigenvalue weighted by Crippen LogP contribution is -2.30. The van der Waals surface area contributed by atoms with Gasteiger partial charge >= 0.3 is 0 Å². The van der Waals surface area contributed by atoms with Gasteiger partial charge in [0.15, 0.2) is 5.13 Å². The van der Waals surface area contributed by atoms with E-state index in [-0.39, 0.29) is 16.9 Å². The molecule has 0 saturated carbocycles. The fourth-order valence-corrected chi connectivity index (χ4v) is 6.26. The van der Waals surface area contributed by atoms with Crippen LogP contribution in [0.3, 0.4) is 0 Å². The number of carbonyl (C=O) groups is 3. The zero-order valence-corrected chi connectivity index (χ0v) is 27.4. The first-order valence-corrected chi connectivity index (χ1v) is 16.7. The molecule has 5 aromatic rings. The Kier molecular flexibility index (Phi) is 11.0. The number of nitrogens with zero attached hydrogens (tertiary/aromatic N) is 1. The number of hydrogen-bond donors (Lipinski definition) is 3. The third-order valence-electron chi connectivity index (χ3n) is 6.55. The van der Waals surface area contributed by atoms with Crippen molar-refractivity contribution in [3.8, 4) is 11.3 Å². The second-order valence-electron chi connectivity index (χ2n) is 9.82. The molecule has 1 aromatic heterocycles. The molecular formula is C35H29BrN4O3S2. The average Bonchev–Trinajstić information content (AvgIpc) is 3.53. The van der Waals surface area contributed by atoms with Crippen LogP contribution in [0.25, 0.3) is 17.3 Å². The third kappa shape index (κ3) is 9.01. The van der Waals surface area contributed by atoms with Crippen LogP contribution in [0.2, 0.25) is 0 Å². The van der Waals surface area contributed by atoms with Gasteiger partial charge in [0.25, 0.3) is 11.8 Å². The van der Waals surface area contributed by atoms with Gasteiger partial charge in [0, 0.05) is 31.6 Å². The molecule has 1 atom stereocenters. The van der Waals surface area contributed by atoms with Crippen molar-refractivity contribution in [1.82, 2.24) is 10.3 Å². The lowest BCUT2D eigenvalue weighted by atomic mass is 10.1. The van der Waals surface area contributed by atoms with Crippen molar-refractivity contribution >= 4 is 73.6 Å². The highest BCUT2D eigenvalue weighted by Gasteiger charge is 2.20. The number of amides is 3. The maximum Gasteiger partial charge on any atom is 0.272 e. The summed E-state index contributed by atoms with van der Waals surface area (Å²) in [6.45, 7) is 1.95. The van der Waals surface area contributed by atoms with E-state index in [4.69, 9.17) is 0 Å². The van der Waals surface area contributed by atoms with E-state index >= 15 is 0 Å². The number of thiazole rings is 1. The molecule has 10 heteroatoms. The first-order valence-electron chi connectivity index (χ1n) is 14.1. The van der Waals surface area contributed by atoms with E-state index in [1.54, 1.807) is 36.4 Å². The highest BCUT2D eigenvalue weighted by atomic mass is 79.9. The van der Waals surface area contributed by atoms with E-state index in [0.29, 0.717) is 22.8 Å². The van der Waals surface area contributed by atoms with Crippen molar-refractivity contribution in [2.45, 2.75) is 23.5 Å². The zero-order valence-electron chi connectivity index (χ0n) is 24.2. The van der Waals surface area contributed by atoms with E-state index in [9.17, 15) is 14.4 Å². The summed E-state index contributed by atoms with van der Waals surface area (Å²) in [5.74, 6) is -1.02. The summed E-state index contributed by atoms with van der Waals surface area (Å²) in [5.41, 5.74) is 3.60. The largest absolute Gasteiger partial charge is 0.321 e. The van der Waals surface area contributed by atoms with Crippen LogP contribution in [-0.2, 0) is 9.59 Å². The molecule has 0 aliphatic rings. The smallest absolute Gasteiger partial charge is 0.272 e. The van der Waals surface area contributed by atoms with Gasteiger partial charge in [-0.15, -0.1) is 23.1 Å². The Morgan fingerprint density at radius 3 is 2.31 bits per heavy atom. The van der Waals surface area contributed by atoms with Gasteiger partial charge in [0.2, 0.25) is 5.91 Å². The van der Waals surface area contributed by atoms with E-state index in [1.807, 2.05) is 91.2 Å². The number of aromatic nitrogens is 1. The van der Waals surface area contributed by atoms with Crippen molar-refractivity contribution in [1.29, 1.82) is 0 Å². The first kappa shape index (κ1) is 31.9. The number of hydrogen-bond acceptors (Lipinski definition) is 6. The van der Waals surface area contributed by atoms with Gasteiger partial charge in [0.05, 0.1) is 10.9 Å². The molecule has 3 amide bonds. The molecule has 1 heterocycles. The molecule has 5 rings (SSSR count). The van der Waals surface area contributed by atoms with Crippen LogP contribution in [-0.4, -0.2) is 28.0 Å². The van der Waals surface area contributed by atoms with Crippen LogP contribution in [0, 0.1) is 0 Å². The molecule has 0 spiro atoms. The van der Waals surface area contributed by atoms with Gasteiger partial charge in [-0.2, -0.15) is 0 Å². The Labute approximate surface area is 278 Å². The fraction of sp³-hybridized carbons (Fsp3) is 0.0857. The lowest BCUT2D eigenvalue weighted by molar-refractivity contribution is -0.116. The minimum Gasteiger partial charge on any atom is -0.321 e. The minimum absolute atomic E-state index is 0.0911.